The molecular formula is C22H26N2O3. The molecule has 0 aliphatic heterocycles. The molecule has 2 aromatic carbocycles. The third-order valence-corrected chi connectivity index (χ3v) is 4.20. The van der Waals surface area contributed by atoms with E-state index in [0.717, 1.165) is 5.56 Å². The largest absolute Gasteiger partial charge is 0.493 e. The van der Waals surface area contributed by atoms with Gasteiger partial charge in [0, 0.05) is 18.2 Å². The molecule has 0 aliphatic rings. The molecule has 0 unspecified atom stereocenters. The molecule has 0 spiro atoms. The van der Waals surface area contributed by atoms with Gasteiger partial charge in [0.1, 0.15) is 0 Å². The van der Waals surface area contributed by atoms with Crippen LogP contribution in [0.25, 0.3) is 0 Å². The first kappa shape index (κ1) is 20.3. The van der Waals surface area contributed by atoms with E-state index < -0.39 is 6.10 Å². The molecule has 1 atom stereocenters. The Bertz CT molecular complexity index is 820. The second-order valence-electron chi connectivity index (χ2n) is 7.32. The second kappa shape index (κ2) is 8.59. The van der Waals surface area contributed by atoms with Gasteiger partial charge in [-0.1, -0.05) is 30.3 Å². The molecule has 0 radical (unpaired) electrons. The molecule has 0 saturated heterocycles. The van der Waals surface area contributed by atoms with Crippen molar-refractivity contribution < 1.29 is 14.3 Å². The maximum absolute atomic E-state index is 13.1. The summed E-state index contributed by atoms with van der Waals surface area (Å²) < 4.78 is 11.2. The predicted molar refractivity (Wildman–Crippen MR) is 105 cm³/mol. The zero-order valence-corrected chi connectivity index (χ0v) is 16.5. The van der Waals surface area contributed by atoms with Crippen molar-refractivity contribution >= 4 is 5.91 Å². The van der Waals surface area contributed by atoms with Crippen LogP contribution < -0.4 is 9.47 Å². The average molecular weight is 366 g/mol. The van der Waals surface area contributed by atoms with E-state index in [1.54, 1.807) is 25.1 Å². The van der Waals surface area contributed by atoms with Crippen molar-refractivity contribution in [3.8, 4) is 17.6 Å². The Kier molecular flexibility index (Phi) is 6.46. The number of nitrogens with zero attached hydrogens (tertiary/aromatic N) is 2. The van der Waals surface area contributed by atoms with Gasteiger partial charge in [-0.3, -0.25) is 4.79 Å². The fraction of sp³-hybridized carbons (Fsp3) is 0.364. The van der Waals surface area contributed by atoms with E-state index in [0.29, 0.717) is 23.6 Å². The van der Waals surface area contributed by atoms with Gasteiger partial charge in [-0.2, -0.15) is 5.26 Å². The highest BCUT2D eigenvalue weighted by Gasteiger charge is 2.31. The van der Waals surface area contributed by atoms with Crippen LogP contribution in [-0.4, -0.2) is 29.6 Å². The van der Waals surface area contributed by atoms with Gasteiger partial charge >= 0.3 is 0 Å². The van der Waals surface area contributed by atoms with Crippen LogP contribution in [-0.2, 0) is 11.3 Å². The van der Waals surface area contributed by atoms with Gasteiger partial charge in [0.25, 0.3) is 5.91 Å². The number of amides is 1. The van der Waals surface area contributed by atoms with E-state index in [1.807, 2.05) is 56.0 Å². The van der Waals surface area contributed by atoms with E-state index in [4.69, 9.17) is 14.7 Å². The number of carbonyl (C=O) groups is 1. The Morgan fingerprint density at radius 3 is 2.37 bits per heavy atom. The monoisotopic (exact) mass is 366 g/mol. The summed E-state index contributed by atoms with van der Waals surface area (Å²) in [5.41, 5.74) is 1.17. The molecular weight excluding hydrogens is 340 g/mol. The maximum atomic E-state index is 13.1. The minimum absolute atomic E-state index is 0.113. The van der Waals surface area contributed by atoms with Gasteiger partial charge < -0.3 is 14.4 Å². The quantitative estimate of drug-likeness (QED) is 0.770. The minimum Gasteiger partial charge on any atom is -0.493 e. The number of hydrogen-bond donors (Lipinski definition) is 0. The van der Waals surface area contributed by atoms with Crippen LogP contribution in [0, 0.1) is 11.3 Å². The van der Waals surface area contributed by atoms with Crippen molar-refractivity contribution in [2.75, 3.05) is 7.11 Å². The molecule has 5 nitrogen and oxygen atoms in total. The molecule has 27 heavy (non-hydrogen) atoms. The first-order valence-electron chi connectivity index (χ1n) is 8.86. The highest BCUT2D eigenvalue weighted by molar-refractivity contribution is 5.81. The Hall–Kier alpha value is -3.00. The lowest BCUT2D eigenvalue weighted by atomic mass is 10.0. The first-order chi connectivity index (χ1) is 12.8. The predicted octanol–water partition coefficient (Wildman–Crippen LogP) is 4.16. The number of carbonyl (C=O) groups excluding carboxylic acids is 1. The second-order valence-corrected chi connectivity index (χ2v) is 7.32. The fourth-order valence-corrected chi connectivity index (χ4v) is 2.71. The van der Waals surface area contributed by atoms with E-state index in [9.17, 15) is 4.79 Å². The molecule has 0 aliphatic carbocycles. The number of rotatable bonds is 6. The van der Waals surface area contributed by atoms with Crippen LogP contribution in [0.5, 0.6) is 11.5 Å². The van der Waals surface area contributed by atoms with Gasteiger partial charge in [-0.05, 0) is 45.4 Å². The SMILES string of the molecule is COc1cc(C#N)ccc1O[C@@H](C)C(=O)N(Cc1ccccc1)C(C)(C)C. The normalized spacial score (nSPS) is 12.0. The summed E-state index contributed by atoms with van der Waals surface area (Å²) in [5.74, 6) is 0.753. The van der Waals surface area contributed by atoms with E-state index in [1.165, 1.54) is 7.11 Å². The lowest BCUT2D eigenvalue weighted by molar-refractivity contribution is -0.143. The average Bonchev–Trinajstić information content (AvgIpc) is 2.65. The van der Waals surface area contributed by atoms with E-state index in [-0.39, 0.29) is 11.4 Å². The molecule has 0 N–H and O–H groups in total. The number of ether oxygens (including phenoxy) is 2. The first-order valence-corrected chi connectivity index (χ1v) is 8.86. The summed E-state index contributed by atoms with van der Waals surface area (Å²) in [7, 11) is 1.51. The number of benzene rings is 2. The Labute approximate surface area is 161 Å². The van der Waals surface area contributed by atoms with Gasteiger partial charge in [-0.15, -0.1) is 0 Å². The highest BCUT2D eigenvalue weighted by atomic mass is 16.5. The van der Waals surface area contributed by atoms with Crippen LogP contribution in [0.4, 0.5) is 0 Å². The zero-order chi connectivity index (χ0) is 20.0. The van der Waals surface area contributed by atoms with Gasteiger partial charge in [-0.25, -0.2) is 0 Å². The maximum Gasteiger partial charge on any atom is 0.264 e. The van der Waals surface area contributed by atoms with Crippen LogP contribution in [0.15, 0.2) is 48.5 Å². The van der Waals surface area contributed by atoms with Crippen LogP contribution in [0.2, 0.25) is 0 Å². The Morgan fingerprint density at radius 1 is 1.15 bits per heavy atom. The fourth-order valence-electron chi connectivity index (χ4n) is 2.71. The Balaban J connectivity index is 2.21. The minimum atomic E-state index is -0.699. The summed E-state index contributed by atoms with van der Waals surface area (Å²) in [6.07, 6.45) is -0.699. The van der Waals surface area contributed by atoms with Crippen molar-refractivity contribution in [3.63, 3.8) is 0 Å². The summed E-state index contributed by atoms with van der Waals surface area (Å²) >= 11 is 0. The molecule has 5 heteroatoms. The topological polar surface area (TPSA) is 62.6 Å². The number of nitriles is 1. The molecule has 0 aromatic heterocycles. The molecule has 0 heterocycles. The summed E-state index contributed by atoms with van der Waals surface area (Å²) in [6, 6.07) is 16.8. The van der Waals surface area contributed by atoms with Crippen LogP contribution in [0.3, 0.4) is 0 Å². The van der Waals surface area contributed by atoms with Crippen LogP contribution in [0.1, 0.15) is 38.8 Å². The van der Waals surface area contributed by atoms with Gasteiger partial charge in [0.2, 0.25) is 0 Å². The summed E-state index contributed by atoms with van der Waals surface area (Å²) in [4.78, 5) is 14.9. The van der Waals surface area contributed by atoms with Crippen molar-refractivity contribution in [2.45, 2.75) is 45.9 Å². The van der Waals surface area contributed by atoms with Crippen molar-refractivity contribution in [1.82, 2.24) is 4.90 Å². The molecule has 1 amide bonds. The molecule has 0 fully saturated rings. The third-order valence-electron chi connectivity index (χ3n) is 4.20. The lowest BCUT2D eigenvalue weighted by Gasteiger charge is -2.37. The Morgan fingerprint density at radius 2 is 1.81 bits per heavy atom. The molecule has 0 bridgehead atoms. The highest BCUT2D eigenvalue weighted by Crippen LogP contribution is 2.29. The summed E-state index contributed by atoms with van der Waals surface area (Å²) in [6.45, 7) is 8.24. The van der Waals surface area contributed by atoms with E-state index in [2.05, 4.69) is 6.07 Å². The summed E-state index contributed by atoms with van der Waals surface area (Å²) in [5, 5.41) is 9.01. The molecule has 142 valence electrons. The van der Waals surface area contributed by atoms with Crippen LogP contribution >= 0.6 is 0 Å². The van der Waals surface area contributed by atoms with Gasteiger partial charge in [0.15, 0.2) is 17.6 Å². The molecule has 2 aromatic rings. The van der Waals surface area contributed by atoms with Crippen molar-refractivity contribution in [2.24, 2.45) is 0 Å². The molecule has 0 saturated carbocycles. The smallest absolute Gasteiger partial charge is 0.264 e. The standard InChI is InChI=1S/C22H26N2O3/c1-16(27-19-12-11-18(14-23)13-20(19)26-5)21(25)24(22(2,3)4)15-17-9-7-6-8-10-17/h6-13,16H,15H2,1-5H3/t16-/m0/s1. The number of methoxy groups -OCH3 is 1. The lowest BCUT2D eigenvalue weighted by Crippen LogP contribution is -2.50. The third kappa shape index (κ3) is 5.24. The van der Waals surface area contributed by atoms with Gasteiger partial charge in [0.05, 0.1) is 18.7 Å². The van der Waals surface area contributed by atoms with Crippen molar-refractivity contribution in [1.29, 1.82) is 5.26 Å². The molecule has 2 rings (SSSR count). The van der Waals surface area contributed by atoms with Crippen molar-refractivity contribution in [3.05, 3.63) is 59.7 Å². The van der Waals surface area contributed by atoms with E-state index >= 15 is 0 Å². The zero-order valence-electron chi connectivity index (χ0n) is 16.5. The number of hydrogen-bond acceptors (Lipinski definition) is 4.